The Morgan fingerprint density at radius 3 is 1.59 bits per heavy atom. The minimum Gasteiger partial charge on any atom is -0.467 e. The summed E-state index contributed by atoms with van der Waals surface area (Å²) in [6.45, 7) is -0.343. The van der Waals surface area contributed by atoms with E-state index in [2.05, 4.69) is 4.74 Å². The second-order valence-corrected chi connectivity index (χ2v) is 11.3. The zero-order valence-corrected chi connectivity index (χ0v) is 24.5. The van der Waals surface area contributed by atoms with Gasteiger partial charge in [0.05, 0.1) is 26.4 Å². The number of esters is 1. The predicted molar refractivity (Wildman–Crippen MR) is 137 cm³/mol. The number of hydrogen-bond acceptors (Lipinski definition) is 21. The molecule has 46 heavy (non-hydrogen) atoms. The number of ether oxygens (including phenoxy) is 8. The molecule has 0 spiro atoms. The van der Waals surface area contributed by atoms with Crippen molar-refractivity contribution in [2.24, 2.45) is 0 Å². The molecule has 4 fully saturated rings. The molecule has 0 aliphatic carbocycles. The number of methoxy groups -OCH3 is 1. The lowest BCUT2D eigenvalue weighted by atomic mass is 9.95. The van der Waals surface area contributed by atoms with Crippen LogP contribution in [0.3, 0.4) is 0 Å². The molecule has 4 rings (SSSR count). The molecule has 0 radical (unpaired) electrons. The fourth-order valence-corrected chi connectivity index (χ4v) is 5.59. The number of rotatable bonds is 9. The molecule has 0 aromatic rings. The number of carbonyl (C=O) groups excluding carboxylic acids is 1. The quantitative estimate of drug-likeness (QED) is 0.101. The average molecular weight is 679 g/mol. The summed E-state index contributed by atoms with van der Waals surface area (Å²) < 4.78 is 42.9. The van der Waals surface area contributed by atoms with E-state index in [9.17, 15) is 66.1 Å². The van der Waals surface area contributed by atoms with E-state index in [1.165, 1.54) is 6.92 Å². The molecule has 0 aromatic carbocycles. The van der Waals surface area contributed by atoms with Crippen LogP contribution >= 0.6 is 0 Å². The summed E-state index contributed by atoms with van der Waals surface area (Å²) in [4.78, 5) is 12.1. The van der Waals surface area contributed by atoms with Gasteiger partial charge in [0.1, 0.15) is 85.5 Å². The molecule has 21 heteroatoms. The minimum atomic E-state index is -2.07. The second kappa shape index (κ2) is 15.5. The third-order valence-corrected chi connectivity index (χ3v) is 8.32. The molecule has 0 unspecified atom stereocenters. The molecule has 268 valence electrons. The highest BCUT2D eigenvalue weighted by atomic mass is 16.8. The first-order valence-electron chi connectivity index (χ1n) is 14.3. The number of aliphatic hydroxyl groups is 12. The summed E-state index contributed by atoms with van der Waals surface area (Å²) in [5.41, 5.74) is 0. The molecule has 4 aliphatic heterocycles. The molecule has 4 heterocycles. The maximum absolute atomic E-state index is 12.1. The van der Waals surface area contributed by atoms with Crippen molar-refractivity contribution in [3.8, 4) is 0 Å². The molecule has 21 nitrogen and oxygen atoms in total. The van der Waals surface area contributed by atoms with Crippen LogP contribution in [0.25, 0.3) is 0 Å². The smallest absolute Gasteiger partial charge is 0.337 e. The van der Waals surface area contributed by atoms with E-state index in [0.29, 0.717) is 0 Å². The standard InChI is InChI=1S/C25H42O21/c1-5-17(43-23-13(33)10(30)8(28)6(3-26)41-23)19(15(35)21(37)40-5)45-25-16(36)18(9(29)7(4-27)42-25)44-24-14(34)11(31)12(32)20(46-24)22(38)39-2/h5-21,23-37H,3-4H2,1-2H3/t5-,6+,7+,8-,9-,10-,11-,12-,13+,14+,15+,16+,17-,18-,19-,20-,21+,23-,24-,25+/m0/s1. The Balaban J connectivity index is 1.56. The van der Waals surface area contributed by atoms with Gasteiger partial charge in [0.15, 0.2) is 31.3 Å². The van der Waals surface area contributed by atoms with Crippen LogP contribution in [0.4, 0.5) is 0 Å². The first-order valence-corrected chi connectivity index (χ1v) is 14.3. The van der Waals surface area contributed by atoms with Crippen molar-refractivity contribution in [2.45, 2.75) is 130 Å². The summed E-state index contributed by atoms with van der Waals surface area (Å²) in [5, 5.41) is 124. The van der Waals surface area contributed by atoms with Crippen molar-refractivity contribution in [2.75, 3.05) is 20.3 Å². The fraction of sp³-hybridized carbons (Fsp3) is 0.960. The zero-order chi connectivity index (χ0) is 34.2. The SMILES string of the molecule is COC(=O)[C@H]1O[C@H](O[C@H]2[C@@H](O)[C@@H](CO)O[C@H](O[C@H]3[C@@H](O)[C@H](O)O[C@@H](C)[C@@H]3O[C@@H]3O[C@H](CO)[C@H](O)[C@H](O)[C@H]3O)[C@@H]2O)[C@H](O)[C@@H](O)[C@@H]1O. The van der Waals surface area contributed by atoms with Gasteiger partial charge in [-0.1, -0.05) is 0 Å². The predicted octanol–water partition coefficient (Wildman–Crippen LogP) is -8.54. The Morgan fingerprint density at radius 1 is 0.543 bits per heavy atom. The van der Waals surface area contributed by atoms with Crippen LogP contribution in [-0.4, -0.2) is 210 Å². The fourth-order valence-electron chi connectivity index (χ4n) is 5.59. The van der Waals surface area contributed by atoms with Crippen molar-refractivity contribution < 1.29 is 104 Å². The van der Waals surface area contributed by atoms with E-state index >= 15 is 0 Å². The Kier molecular flexibility index (Phi) is 12.6. The highest BCUT2D eigenvalue weighted by molar-refractivity contribution is 5.75. The number of carbonyl (C=O) groups is 1. The molecule has 12 N–H and O–H groups in total. The van der Waals surface area contributed by atoms with E-state index in [0.717, 1.165) is 7.11 Å². The lowest BCUT2D eigenvalue weighted by molar-refractivity contribution is -0.390. The highest BCUT2D eigenvalue weighted by Crippen LogP contribution is 2.34. The van der Waals surface area contributed by atoms with Crippen molar-refractivity contribution in [3.05, 3.63) is 0 Å². The topological polar surface area (TPSA) is 334 Å². The van der Waals surface area contributed by atoms with Crippen LogP contribution < -0.4 is 0 Å². The maximum Gasteiger partial charge on any atom is 0.337 e. The van der Waals surface area contributed by atoms with Gasteiger partial charge in [-0.15, -0.1) is 0 Å². The Hall–Kier alpha value is -1.29. The Labute approximate surface area is 260 Å². The van der Waals surface area contributed by atoms with Gasteiger partial charge in [-0.3, -0.25) is 0 Å². The molecule has 20 atom stereocenters. The molecule has 0 bridgehead atoms. The molecular weight excluding hydrogens is 636 g/mol. The molecular formula is C25H42O21. The lowest BCUT2D eigenvalue weighted by Crippen LogP contribution is -2.67. The first-order chi connectivity index (χ1) is 21.7. The van der Waals surface area contributed by atoms with Gasteiger partial charge in [0, 0.05) is 0 Å². The van der Waals surface area contributed by atoms with E-state index in [4.69, 9.17) is 33.2 Å². The third-order valence-electron chi connectivity index (χ3n) is 8.32. The van der Waals surface area contributed by atoms with E-state index < -0.39 is 142 Å². The van der Waals surface area contributed by atoms with Gasteiger partial charge in [-0.2, -0.15) is 0 Å². The normalized spacial score (nSPS) is 51.9. The van der Waals surface area contributed by atoms with Crippen molar-refractivity contribution in [1.82, 2.24) is 0 Å². The van der Waals surface area contributed by atoms with Gasteiger partial charge >= 0.3 is 5.97 Å². The van der Waals surface area contributed by atoms with Gasteiger partial charge in [-0.05, 0) is 6.92 Å². The Bertz CT molecular complexity index is 989. The van der Waals surface area contributed by atoms with E-state index in [-0.39, 0.29) is 0 Å². The largest absolute Gasteiger partial charge is 0.467 e. The van der Waals surface area contributed by atoms with Crippen LogP contribution in [0.1, 0.15) is 6.92 Å². The maximum atomic E-state index is 12.1. The number of aliphatic hydroxyl groups excluding tert-OH is 12. The summed E-state index contributed by atoms with van der Waals surface area (Å²) in [6, 6.07) is 0. The average Bonchev–Trinajstić information content (AvgIpc) is 3.03. The number of hydrogen-bond donors (Lipinski definition) is 12. The molecule has 0 saturated carbocycles. The summed E-state index contributed by atoms with van der Waals surface area (Å²) >= 11 is 0. The molecule has 4 aliphatic rings. The van der Waals surface area contributed by atoms with Gasteiger partial charge < -0.3 is 99.2 Å². The van der Waals surface area contributed by atoms with Crippen LogP contribution in [0.5, 0.6) is 0 Å². The monoisotopic (exact) mass is 678 g/mol. The third kappa shape index (κ3) is 7.33. The van der Waals surface area contributed by atoms with Crippen LogP contribution in [0.15, 0.2) is 0 Å². The van der Waals surface area contributed by atoms with Crippen molar-refractivity contribution in [1.29, 1.82) is 0 Å². The van der Waals surface area contributed by atoms with Crippen LogP contribution in [-0.2, 0) is 42.7 Å². The van der Waals surface area contributed by atoms with Crippen LogP contribution in [0, 0.1) is 0 Å². The Morgan fingerprint density at radius 2 is 1.02 bits per heavy atom. The highest BCUT2D eigenvalue weighted by Gasteiger charge is 2.55. The van der Waals surface area contributed by atoms with Crippen molar-refractivity contribution in [3.63, 3.8) is 0 Å². The van der Waals surface area contributed by atoms with Gasteiger partial charge in [0.2, 0.25) is 0 Å². The zero-order valence-electron chi connectivity index (χ0n) is 24.5. The molecule has 0 aromatic heterocycles. The van der Waals surface area contributed by atoms with Gasteiger partial charge in [-0.25, -0.2) is 4.79 Å². The second-order valence-electron chi connectivity index (χ2n) is 11.3. The van der Waals surface area contributed by atoms with Gasteiger partial charge in [0.25, 0.3) is 0 Å². The first kappa shape index (κ1) is 37.5. The summed E-state index contributed by atoms with van der Waals surface area (Å²) in [6.07, 6.45) is -36.0. The van der Waals surface area contributed by atoms with E-state index in [1.54, 1.807) is 0 Å². The summed E-state index contributed by atoms with van der Waals surface area (Å²) in [5.74, 6) is -1.15. The minimum absolute atomic E-state index is 0.785. The lowest BCUT2D eigenvalue weighted by Gasteiger charge is -2.49. The van der Waals surface area contributed by atoms with Crippen LogP contribution in [0.2, 0.25) is 0 Å². The molecule has 4 saturated heterocycles. The van der Waals surface area contributed by atoms with Crippen molar-refractivity contribution >= 4 is 5.97 Å². The van der Waals surface area contributed by atoms with E-state index in [1.807, 2.05) is 0 Å². The summed E-state index contributed by atoms with van der Waals surface area (Å²) in [7, 11) is 0.961. The molecule has 0 amide bonds.